The van der Waals surface area contributed by atoms with Crippen molar-refractivity contribution in [2.45, 2.75) is 46.0 Å². The third-order valence-electron chi connectivity index (χ3n) is 6.79. The van der Waals surface area contributed by atoms with Crippen LogP contribution >= 0.6 is 0 Å². The normalized spacial score (nSPS) is 13.7. The van der Waals surface area contributed by atoms with Gasteiger partial charge in [-0.25, -0.2) is 0 Å². The number of aromatic nitrogens is 2. The van der Waals surface area contributed by atoms with Gasteiger partial charge in [-0.2, -0.15) is 9.97 Å². The maximum atomic E-state index is 12.1. The molecule has 1 aliphatic heterocycles. The standard InChI is InChI=1S/C29H45N7O4/c1-5-7-18-39-25(37)21-23-10-9-11-24(20-23)35-15-12-34(13-16-35)14-17-36(22-38-4)28-26(31-3)27(30)32-29(33-28)40-19-8-6-2/h9-11,20H,3,5-8,12-19,21-22H2,1-2,4H3,(H2,30,32,33). The molecule has 3 rings (SSSR count). The number of unbranched alkanes of at least 4 members (excludes halogenated alkanes) is 2. The summed E-state index contributed by atoms with van der Waals surface area (Å²) in [6.45, 7) is 14.3. The number of carbonyl (C=O) groups excluding carboxylic acids is 1. The Bertz CT molecular complexity index is 1080. The van der Waals surface area contributed by atoms with Gasteiger partial charge in [-0.3, -0.25) is 14.7 Å². The molecule has 2 heterocycles. The highest BCUT2D eigenvalue weighted by Gasteiger charge is 2.22. The Balaban J connectivity index is 1.57. The number of hydrogen-bond donors (Lipinski definition) is 1. The first-order chi connectivity index (χ1) is 19.5. The second-order valence-electron chi connectivity index (χ2n) is 9.85. The minimum absolute atomic E-state index is 0.170. The second-order valence-corrected chi connectivity index (χ2v) is 9.85. The zero-order valence-corrected chi connectivity index (χ0v) is 24.3. The van der Waals surface area contributed by atoms with E-state index in [1.54, 1.807) is 7.11 Å². The molecule has 2 N–H and O–H groups in total. The quantitative estimate of drug-likeness (QED) is 0.134. The molecule has 2 aromatic rings. The van der Waals surface area contributed by atoms with Gasteiger partial charge in [0.25, 0.3) is 0 Å². The molecule has 40 heavy (non-hydrogen) atoms. The van der Waals surface area contributed by atoms with E-state index in [9.17, 15) is 4.79 Å². The van der Waals surface area contributed by atoms with Crippen molar-refractivity contribution in [2.24, 2.45) is 4.99 Å². The maximum absolute atomic E-state index is 12.1. The van der Waals surface area contributed by atoms with Gasteiger partial charge in [0, 0.05) is 52.1 Å². The predicted molar refractivity (Wildman–Crippen MR) is 160 cm³/mol. The lowest BCUT2D eigenvalue weighted by atomic mass is 10.1. The number of nitrogens with two attached hydrogens (primary N) is 1. The number of ether oxygens (including phenoxy) is 3. The van der Waals surface area contributed by atoms with E-state index in [1.807, 2.05) is 17.0 Å². The number of methoxy groups -OCH3 is 1. The number of nitrogen functional groups attached to an aromatic ring is 1. The molecule has 0 aliphatic carbocycles. The van der Waals surface area contributed by atoms with E-state index in [4.69, 9.17) is 19.9 Å². The minimum Gasteiger partial charge on any atom is -0.465 e. The highest BCUT2D eigenvalue weighted by molar-refractivity contribution is 5.75. The van der Waals surface area contributed by atoms with E-state index in [-0.39, 0.29) is 17.8 Å². The molecule has 1 aromatic heterocycles. The smallest absolute Gasteiger partial charge is 0.320 e. The fourth-order valence-electron chi connectivity index (χ4n) is 4.47. The molecule has 0 saturated carbocycles. The molecule has 0 bridgehead atoms. The van der Waals surface area contributed by atoms with E-state index >= 15 is 0 Å². The second kappa shape index (κ2) is 16.6. The van der Waals surface area contributed by atoms with E-state index < -0.39 is 0 Å². The molecular formula is C29H45N7O4. The van der Waals surface area contributed by atoms with Crippen molar-refractivity contribution in [2.75, 3.05) is 81.9 Å². The SMILES string of the molecule is C=Nc1c(N)nc(OCCCC)nc1N(CCN1CCN(c2cccc(CC(=O)OCCCC)c2)CC1)COC. The van der Waals surface area contributed by atoms with Crippen LogP contribution in [0.25, 0.3) is 0 Å². The highest BCUT2D eigenvalue weighted by Crippen LogP contribution is 2.33. The number of esters is 1. The van der Waals surface area contributed by atoms with Gasteiger partial charge in [0.2, 0.25) is 0 Å². The van der Waals surface area contributed by atoms with Gasteiger partial charge in [-0.15, -0.1) is 0 Å². The molecule has 11 heteroatoms. The number of benzene rings is 1. The molecule has 220 valence electrons. The Morgan fingerprint density at radius 2 is 1.88 bits per heavy atom. The summed E-state index contributed by atoms with van der Waals surface area (Å²) in [4.78, 5) is 31.8. The van der Waals surface area contributed by atoms with E-state index in [1.165, 1.54) is 0 Å². The van der Waals surface area contributed by atoms with Crippen LogP contribution in [0.1, 0.15) is 45.1 Å². The number of anilines is 3. The van der Waals surface area contributed by atoms with E-state index in [0.29, 0.717) is 44.4 Å². The van der Waals surface area contributed by atoms with Crippen LogP contribution in [0.3, 0.4) is 0 Å². The Kier molecular flexibility index (Phi) is 12.9. The number of carbonyl (C=O) groups is 1. The molecule has 1 aromatic carbocycles. The Morgan fingerprint density at radius 3 is 2.58 bits per heavy atom. The van der Waals surface area contributed by atoms with Gasteiger partial charge >= 0.3 is 12.0 Å². The largest absolute Gasteiger partial charge is 0.465 e. The summed E-state index contributed by atoms with van der Waals surface area (Å²) in [7, 11) is 1.65. The van der Waals surface area contributed by atoms with Gasteiger partial charge in [0.05, 0.1) is 19.6 Å². The Morgan fingerprint density at radius 1 is 1.12 bits per heavy atom. The Hall–Kier alpha value is -3.44. The first-order valence-electron chi connectivity index (χ1n) is 14.2. The molecule has 1 aliphatic rings. The molecule has 0 atom stereocenters. The van der Waals surface area contributed by atoms with Crippen molar-refractivity contribution >= 4 is 35.7 Å². The zero-order valence-electron chi connectivity index (χ0n) is 24.3. The van der Waals surface area contributed by atoms with Crippen LogP contribution < -0.4 is 20.3 Å². The van der Waals surface area contributed by atoms with Crippen molar-refractivity contribution in [1.82, 2.24) is 14.9 Å². The average Bonchev–Trinajstić information content (AvgIpc) is 2.96. The fraction of sp³-hybridized carbons (Fsp3) is 0.586. The molecular weight excluding hydrogens is 510 g/mol. The minimum atomic E-state index is -0.170. The summed E-state index contributed by atoms with van der Waals surface area (Å²) in [6, 6.07) is 8.43. The van der Waals surface area contributed by atoms with Crippen LogP contribution in [0, 0.1) is 0 Å². The van der Waals surface area contributed by atoms with Crippen molar-refractivity contribution in [3.8, 4) is 6.01 Å². The fourth-order valence-corrected chi connectivity index (χ4v) is 4.47. The monoisotopic (exact) mass is 555 g/mol. The number of rotatable bonds is 17. The molecule has 0 radical (unpaired) electrons. The van der Waals surface area contributed by atoms with Crippen LogP contribution in [0.5, 0.6) is 6.01 Å². The van der Waals surface area contributed by atoms with Crippen molar-refractivity contribution in [3.05, 3.63) is 29.8 Å². The van der Waals surface area contributed by atoms with Crippen LogP contribution in [0.4, 0.5) is 23.0 Å². The van der Waals surface area contributed by atoms with Gasteiger partial charge in [-0.1, -0.05) is 38.8 Å². The summed E-state index contributed by atoms with van der Waals surface area (Å²) in [5.74, 6) is 0.619. The van der Waals surface area contributed by atoms with Crippen molar-refractivity contribution in [1.29, 1.82) is 0 Å². The van der Waals surface area contributed by atoms with Gasteiger partial charge in [0.1, 0.15) is 12.4 Å². The van der Waals surface area contributed by atoms with Gasteiger partial charge in [-0.05, 0) is 37.3 Å². The lowest BCUT2D eigenvalue weighted by Crippen LogP contribution is -2.48. The van der Waals surface area contributed by atoms with Gasteiger partial charge < -0.3 is 29.7 Å². The molecule has 1 saturated heterocycles. The van der Waals surface area contributed by atoms with E-state index in [0.717, 1.165) is 69.7 Å². The van der Waals surface area contributed by atoms with Crippen LogP contribution in [-0.4, -0.2) is 93.9 Å². The summed E-state index contributed by atoms with van der Waals surface area (Å²) >= 11 is 0. The zero-order chi connectivity index (χ0) is 28.7. The van der Waals surface area contributed by atoms with Crippen LogP contribution in [0.2, 0.25) is 0 Å². The first kappa shape index (κ1) is 31.1. The third-order valence-corrected chi connectivity index (χ3v) is 6.79. The van der Waals surface area contributed by atoms with Crippen LogP contribution in [0.15, 0.2) is 29.3 Å². The third kappa shape index (κ3) is 9.34. The lowest BCUT2D eigenvalue weighted by Gasteiger charge is -2.37. The van der Waals surface area contributed by atoms with E-state index in [2.05, 4.69) is 57.5 Å². The number of nitrogens with zero attached hydrogens (tertiary/aromatic N) is 6. The molecule has 0 unspecified atom stereocenters. The summed E-state index contributed by atoms with van der Waals surface area (Å²) in [5.41, 5.74) is 8.71. The molecule has 1 fully saturated rings. The number of aliphatic imine (C=N–C) groups is 1. The highest BCUT2D eigenvalue weighted by atomic mass is 16.5. The predicted octanol–water partition coefficient (Wildman–Crippen LogP) is 3.69. The summed E-state index contributed by atoms with van der Waals surface area (Å²) in [5, 5.41) is 0. The topological polar surface area (TPSA) is 119 Å². The first-order valence-corrected chi connectivity index (χ1v) is 14.2. The molecule has 0 amide bonds. The van der Waals surface area contributed by atoms with Crippen molar-refractivity contribution < 1.29 is 19.0 Å². The molecule has 11 nitrogen and oxygen atoms in total. The Labute approximate surface area is 238 Å². The van der Waals surface area contributed by atoms with Crippen LogP contribution in [-0.2, 0) is 20.7 Å². The maximum Gasteiger partial charge on any atom is 0.320 e. The summed E-state index contributed by atoms with van der Waals surface area (Å²) in [6.07, 6.45) is 4.12. The average molecular weight is 556 g/mol. The van der Waals surface area contributed by atoms with Gasteiger partial charge in [0.15, 0.2) is 11.6 Å². The summed E-state index contributed by atoms with van der Waals surface area (Å²) < 4.78 is 16.5. The van der Waals surface area contributed by atoms with Crippen molar-refractivity contribution in [3.63, 3.8) is 0 Å². The lowest BCUT2D eigenvalue weighted by molar-refractivity contribution is -0.142. The number of piperazine rings is 1. The number of hydrogen-bond acceptors (Lipinski definition) is 11. The molecule has 0 spiro atoms.